The number of aliphatic hydroxyl groups excluding tert-OH is 1. The molecule has 104 valence electrons. The maximum Gasteiger partial charge on any atom is 0.146 e. The zero-order valence-electron chi connectivity index (χ0n) is 10.6. The van der Waals surface area contributed by atoms with E-state index in [9.17, 15) is 13.9 Å². The lowest BCUT2D eigenvalue weighted by atomic mass is 9.92. The Morgan fingerprint density at radius 3 is 2.25 bits per heavy atom. The summed E-state index contributed by atoms with van der Waals surface area (Å²) >= 11 is 3.03. The van der Waals surface area contributed by atoms with Gasteiger partial charge in [0.2, 0.25) is 0 Å². The van der Waals surface area contributed by atoms with Crippen LogP contribution in [0.25, 0.3) is 0 Å². The molecule has 0 aliphatic heterocycles. The summed E-state index contributed by atoms with van der Waals surface area (Å²) in [6.07, 6.45) is 0.144. The predicted octanol–water partition coefficient (Wildman–Crippen LogP) is 4.18. The van der Waals surface area contributed by atoms with Gasteiger partial charge < -0.3 is 5.11 Å². The number of halogens is 3. The maximum absolute atomic E-state index is 14.0. The summed E-state index contributed by atoms with van der Waals surface area (Å²) in [5.41, 5.74) is 2.05. The molecule has 0 heterocycles. The summed E-state index contributed by atoms with van der Waals surface area (Å²) in [5, 5.41) is 10.4. The van der Waals surface area contributed by atoms with Crippen molar-refractivity contribution in [2.75, 3.05) is 0 Å². The molecule has 1 atom stereocenters. The van der Waals surface area contributed by atoms with Crippen LogP contribution in [0.1, 0.15) is 22.8 Å². The van der Waals surface area contributed by atoms with Gasteiger partial charge in [0.25, 0.3) is 0 Å². The van der Waals surface area contributed by atoms with Gasteiger partial charge in [-0.05, 0) is 57.9 Å². The Bertz CT molecular complexity index is 632. The van der Waals surface area contributed by atoms with E-state index in [1.54, 1.807) is 0 Å². The minimum Gasteiger partial charge on any atom is -0.388 e. The highest BCUT2D eigenvalue weighted by Gasteiger charge is 2.32. The minimum atomic E-state index is -1.14. The summed E-state index contributed by atoms with van der Waals surface area (Å²) in [6.45, 7) is 0. The van der Waals surface area contributed by atoms with Crippen molar-refractivity contribution in [3.05, 3.63) is 69.2 Å². The summed E-state index contributed by atoms with van der Waals surface area (Å²) in [5.74, 6) is -1.60. The van der Waals surface area contributed by atoms with Gasteiger partial charge in [-0.1, -0.05) is 24.3 Å². The molecule has 20 heavy (non-hydrogen) atoms. The maximum atomic E-state index is 14.0. The van der Waals surface area contributed by atoms with Crippen molar-refractivity contribution in [2.24, 2.45) is 5.92 Å². The smallest absolute Gasteiger partial charge is 0.146 e. The first-order chi connectivity index (χ1) is 9.58. The second-order valence-electron chi connectivity index (χ2n) is 5.14. The SMILES string of the molecule is OC(c1c(F)ccc(Br)c1F)C1Cc2ccccc2C1. The van der Waals surface area contributed by atoms with Gasteiger partial charge in [-0.2, -0.15) is 0 Å². The fourth-order valence-corrected chi connectivity index (χ4v) is 3.21. The molecule has 1 aliphatic rings. The number of hydrogen-bond donors (Lipinski definition) is 1. The molecule has 0 spiro atoms. The van der Waals surface area contributed by atoms with Crippen molar-refractivity contribution < 1.29 is 13.9 Å². The van der Waals surface area contributed by atoms with Crippen molar-refractivity contribution in [1.29, 1.82) is 0 Å². The monoisotopic (exact) mass is 338 g/mol. The van der Waals surface area contributed by atoms with E-state index in [0.29, 0.717) is 12.8 Å². The van der Waals surface area contributed by atoms with Crippen LogP contribution in [-0.2, 0) is 12.8 Å². The van der Waals surface area contributed by atoms with Crippen LogP contribution in [-0.4, -0.2) is 5.11 Å². The van der Waals surface area contributed by atoms with E-state index in [-0.39, 0.29) is 16.0 Å². The first kappa shape index (κ1) is 13.7. The minimum absolute atomic E-state index is 0.170. The second kappa shape index (κ2) is 5.26. The van der Waals surface area contributed by atoms with Crippen LogP contribution in [0.2, 0.25) is 0 Å². The molecule has 1 aliphatic carbocycles. The fraction of sp³-hybridized carbons (Fsp3) is 0.250. The Hall–Kier alpha value is -1.26. The van der Waals surface area contributed by atoms with Crippen molar-refractivity contribution >= 4 is 15.9 Å². The largest absolute Gasteiger partial charge is 0.388 e. The Kier molecular flexibility index (Phi) is 3.61. The number of hydrogen-bond acceptors (Lipinski definition) is 1. The van der Waals surface area contributed by atoms with E-state index < -0.39 is 17.7 Å². The standard InChI is InChI=1S/C16H13BrF2O/c17-12-5-6-13(18)14(15(12)19)16(20)11-7-9-3-1-2-4-10(9)8-11/h1-6,11,16,20H,7-8H2. The Labute approximate surface area is 124 Å². The Balaban J connectivity index is 1.92. The van der Waals surface area contributed by atoms with Crippen molar-refractivity contribution in [2.45, 2.75) is 18.9 Å². The average molecular weight is 339 g/mol. The summed E-state index contributed by atoms with van der Waals surface area (Å²) in [6, 6.07) is 10.4. The van der Waals surface area contributed by atoms with E-state index in [4.69, 9.17) is 0 Å². The molecular formula is C16H13BrF2O. The fourth-order valence-electron chi connectivity index (χ4n) is 2.87. The predicted molar refractivity (Wildman–Crippen MR) is 76.4 cm³/mol. The molecule has 1 nitrogen and oxygen atoms in total. The molecular weight excluding hydrogens is 326 g/mol. The van der Waals surface area contributed by atoms with Crippen LogP contribution in [0.15, 0.2) is 40.9 Å². The van der Waals surface area contributed by atoms with Crippen LogP contribution < -0.4 is 0 Å². The molecule has 1 N–H and O–H groups in total. The Morgan fingerprint density at radius 1 is 1.05 bits per heavy atom. The lowest BCUT2D eigenvalue weighted by Crippen LogP contribution is -2.16. The first-order valence-electron chi connectivity index (χ1n) is 6.46. The molecule has 0 radical (unpaired) electrons. The van der Waals surface area contributed by atoms with Crippen LogP contribution in [0.5, 0.6) is 0 Å². The van der Waals surface area contributed by atoms with Gasteiger partial charge in [0.15, 0.2) is 0 Å². The molecule has 0 fully saturated rings. The van der Waals surface area contributed by atoms with E-state index >= 15 is 0 Å². The highest BCUT2D eigenvalue weighted by atomic mass is 79.9. The molecule has 2 aromatic carbocycles. The number of rotatable bonds is 2. The van der Waals surface area contributed by atoms with Crippen molar-refractivity contribution in [3.8, 4) is 0 Å². The van der Waals surface area contributed by atoms with Gasteiger partial charge >= 0.3 is 0 Å². The second-order valence-corrected chi connectivity index (χ2v) is 5.99. The molecule has 4 heteroatoms. The summed E-state index contributed by atoms with van der Waals surface area (Å²) < 4.78 is 28.1. The molecule has 2 aromatic rings. The lowest BCUT2D eigenvalue weighted by Gasteiger charge is -2.19. The number of benzene rings is 2. The Morgan fingerprint density at radius 2 is 1.65 bits per heavy atom. The van der Waals surface area contributed by atoms with Crippen LogP contribution >= 0.6 is 15.9 Å². The highest BCUT2D eigenvalue weighted by molar-refractivity contribution is 9.10. The zero-order valence-corrected chi connectivity index (χ0v) is 12.2. The zero-order chi connectivity index (χ0) is 14.3. The van der Waals surface area contributed by atoms with Gasteiger partial charge in [0.05, 0.1) is 16.1 Å². The quantitative estimate of drug-likeness (QED) is 0.814. The van der Waals surface area contributed by atoms with Gasteiger partial charge in [-0.25, -0.2) is 8.78 Å². The third-order valence-corrected chi connectivity index (χ3v) is 4.52. The van der Waals surface area contributed by atoms with E-state index in [1.807, 2.05) is 24.3 Å². The van der Waals surface area contributed by atoms with Crippen LogP contribution in [0.4, 0.5) is 8.78 Å². The molecule has 1 unspecified atom stereocenters. The third-order valence-electron chi connectivity index (χ3n) is 3.90. The lowest BCUT2D eigenvalue weighted by molar-refractivity contribution is 0.105. The molecule has 0 saturated carbocycles. The van der Waals surface area contributed by atoms with Crippen molar-refractivity contribution in [3.63, 3.8) is 0 Å². The number of aliphatic hydroxyl groups is 1. The topological polar surface area (TPSA) is 20.2 Å². The summed E-state index contributed by atoms with van der Waals surface area (Å²) in [4.78, 5) is 0. The molecule has 0 bridgehead atoms. The summed E-state index contributed by atoms with van der Waals surface area (Å²) in [7, 11) is 0. The van der Waals surface area contributed by atoms with E-state index in [0.717, 1.165) is 11.1 Å². The van der Waals surface area contributed by atoms with E-state index in [1.165, 1.54) is 12.1 Å². The van der Waals surface area contributed by atoms with Gasteiger partial charge in [0, 0.05) is 0 Å². The molecule has 0 aromatic heterocycles. The molecule has 0 amide bonds. The third kappa shape index (κ3) is 2.27. The van der Waals surface area contributed by atoms with Crippen molar-refractivity contribution in [1.82, 2.24) is 0 Å². The highest BCUT2D eigenvalue weighted by Crippen LogP contribution is 2.38. The van der Waals surface area contributed by atoms with E-state index in [2.05, 4.69) is 15.9 Å². The van der Waals surface area contributed by atoms with Gasteiger partial charge in [0.1, 0.15) is 11.6 Å². The average Bonchev–Trinajstić information content (AvgIpc) is 2.87. The normalized spacial score (nSPS) is 16.2. The molecule has 3 rings (SSSR count). The van der Waals surface area contributed by atoms with Crippen LogP contribution in [0.3, 0.4) is 0 Å². The number of fused-ring (bicyclic) bond motifs is 1. The first-order valence-corrected chi connectivity index (χ1v) is 7.25. The molecule has 0 saturated heterocycles. The van der Waals surface area contributed by atoms with Crippen LogP contribution in [0, 0.1) is 17.6 Å². The van der Waals surface area contributed by atoms with Gasteiger partial charge in [-0.15, -0.1) is 0 Å². The van der Waals surface area contributed by atoms with Gasteiger partial charge in [-0.3, -0.25) is 0 Å².